The molecule has 37 heavy (non-hydrogen) atoms. The number of amides is 3. The second-order valence-corrected chi connectivity index (χ2v) is 7.94. The van der Waals surface area contributed by atoms with Crippen molar-refractivity contribution >= 4 is 65.6 Å². The lowest BCUT2D eigenvalue weighted by atomic mass is 10.3. The van der Waals surface area contributed by atoms with E-state index in [1.165, 1.54) is 0 Å². The normalized spacial score (nSPS) is 9.95. The lowest BCUT2D eigenvalue weighted by Gasteiger charge is -2.08. The molecule has 0 aliphatic heterocycles. The Morgan fingerprint density at radius 3 is 1.65 bits per heavy atom. The molecule has 3 aromatic rings. The highest BCUT2D eigenvalue weighted by atomic mass is 35.5. The van der Waals surface area contributed by atoms with Gasteiger partial charge in [-0.25, -0.2) is 0 Å². The molecular weight excluding hydrogens is 523 g/mol. The van der Waals surface area contributed by atoms with Crippen molar-refractivity contribution in [3.05, 3.63) is 53.9 Å². The second kappa shape index (κ2) is 13.3. The first-order valence-corrected chi connectivity index (χ1v) is 10.7. The molecular formula is C22H32Cl2N10O3. The maximum Gasteiger partial charge on any atom is 0.272 e. The van der Waals surface area contributed by atoms with Gasteiger partial charge in [0.2, 0.25) is 0 Å². The van der Waals surface area contributed by atoms with Crippen LogP contribution in [-0.4, -0.2) is 57.5 Å². The van der Waals surface area contributed by atoms with Crippen LogP contribution in [0.4, 0.5) is 17.1 Å². The van der Waals surface area contributed by atoms with Crippen molar-refractivity contribution in [1.82, 2.24) is 29.7 Å². The maximum absolute atomic E-state index is 12.8. The van der Waals surface area contributed by atoms with Gasteiger partial charge in [0.1, 0.15) is 17.1 Å². The van der Waals surface area contributed by atoms with Crippen LogP contribution in [0.1, 0.15) is 31.5 Å². The van der Waals surface area contributed by atoms with E-state index in [1.54, 1.807) is 78.7 Å². The van der Waals surface area contributed by atoms with Gasteiger partial charge in [0.05, 0.1) is 17.1 Å². The van der Waals surface area contributed by atoms with E-state index in [0.717, 1.165) is 0 Å². The Morgan fingerprint density at radius 1 is 0.757 bits per heavy atom. The molecule has 8 N–H and O–H groups in total. The van der Waals surface area contributed by atoms with Crippen LogP contribution in [0.15, 0.2) is 36.8 Å². The fourth-order valence-corrected chi connectivity index (χ4v) is 3.47. The van der Waals surface area contributed by atoms with Crippen molar-refractivity contribution in [3.8, 4) is 0 Å². The SMILES string of the molecule is CNC(=N)NCCNC(=O)c1cc(NC(=O)c2cc(NC(=O)c3cc(N)cn3C)cn2C)cn1C.Cl.Cl. The average Bonchev–Trinajstić information content (AvgIpc) is 3.46. The van der Waals surface area contributed by atoms with E-state index in [-0.39, 0.29) is 42.6 Å². The molecule has 15 heteroatoms. The van der Waals surface area contributed by atoms with Gasteiger partial charge in [-0.15, -0.1) is 24.8 Å². The van der Waals surface area contributed by atoms with Crippen molar-refractivity contribution in [2.24, 2.45) is 21.1 Å². The molecule has 0 radical (unpaired) electrons. The number of aryl methyl sites for hydroxylation is 3. The van der Waals surface area contributed by atoms with Crippen LogP contribution in [-0.2, 0) is 21.1 Å². The Bertz CT molecular complexity index is 1280. The summed E-state index contributed by atoms with van der Waals surface area (Å²) in [6, 6.07) is 4.70. The molecule has 202 valence electrons. The summed E-state index contributed by atoms with van der Waals surface area (Å²) in [5, 5.41) is 21.2. The van der Waals surface area contributed by atoms with Crippen molar-refractivity contribution in [2.75, 3.05) is 36.5 Å². The van der Waals surface area contributed by atoms with Crippen molar-refractivity contribution in [2.45, 2.75) is 0 Å². The molecule has 3 amide bonds. The molecule has 0 atom stereocenters. The minimum atomic E-state index is -0.400. The first-order chi connectivity index (χ1) is 16.6. The Hall–Kier alpha value is -4.10. The number of aromatic nitrogens is 3. The molecule has 0 bridgehead atoms. The predicted molar refractivity (Wildman–Crippen MR) is 148 cm³/mol. The Balaban J connectivity index is 0.00000342. The van der Waals surface area contributed by atoms with Gasteiger partial charge in [0.15, 0.2) is 5.96 Å². The Labute approximate surface area is 226 Å². The van der Waals surface area contributed by atoms with Crippen LogP contribution in [0.2, 0.25) is 0 Å². The van der Waals surface area contributed by atoms with E-state index in [9.17, 15) is 14.4 Å². The smallest absolute Gasteiger partial charge is 0.272 e. The number of halogens is 2. The number of rotatable bonds is 8. The number of hydrogen-bond acceptors (Lipinski definition) is 5. The van der Waals surface area contributed by atoms with Crippen LogP contribution in [0.3, 0.4) is 0 Å². The largest absolute Gasteiger partial charge is 0.397 e. The van der Waals surface area contributed by atoms with Crippen LogP contribution in [0, 0.1) is 5.41 Å². The summed E-state index contributed by atoms with van der Waals surface area (Å²) in [5.41, 5.74) is 8.19. The van der Waals surface area contributed by atoms with Gasteiger partial charge in [-0.05, 0) is 18.2 Å². The van der Waals surface area contributed by atoms with Gasteiger partial charge in [0, 0.05) is 59.9 Å². The predicted octanol–water partition coefficient (Wildman–Crippen LogP) is 1.11. The fourth-order valence-electron chi connectivity index (χ4n) is 3.47. The highest BCUT2D eigenvalue weighted by molar-refractivity contribution is 6.07. The maximum atomic E-state index is 12.8. The van der Waals surface area contributed by atoms with E-state index >= 15 is 0 Å². The van der Waals surface area contributed by atoms with E-state index in [2.05, 4.69) is 26.6 Å². The molecule has 0 aromatic carbocycles. The molecule has 3 heterocycles. The van der Waals surface area contributed by atoms with Crippen molar-refractivity contribution in [3.63, 3.8) is 0 Å². The minimum Gasteiger partial charge on any atom is -0.397 e. The van der Waals surface area contributed by atoms with E-state index in [4.69, 9.17) is 11.1 Å². The van der Waals surface area contributed by atoms with Gasteiger partial charge in [-0.1, -0.05) is 0 Å². The Kier molecular flexibility index (Phi) is 11.1. The molecule has 3 rings (SSSR count). The monoisotopic (exact) mass is 554 g/mol. The standard InChI is InChI=1S/C22H30N10O3.2ClH/c1-25-22(24)27-6-5-26-19(33)17-8-14(11-31(17)3)29-21(35)18-9-15(12-32(18)4)28-20(34)16-7-13(23)10-30(16)2;;/h7-12H,5-6,23H2,1-4H3,(H,26,33)(H,28,34)(H,29,35)(H3,24,25,27);2*1H. The van der Waals surface area contributed by atoms with Crippen LogP contribution in [0.25, 0.3) is 0 Å². The number of nitrogens with two attached hydrogens (primary N) is 1. The second-order valence-electron chi connectivity index (χ2n) is 7.94. The Morgan fingerprint density at radius 2 is 1.19 bits per heavy atom. The highest BCUT2D eigenvalue weighted by Gasteiger charge is 2.18. The number of nitrogen functional groups attached to an aromatic ring is 1. The molecule has 13 nitrogen and oxygen atoms in total. The van der Waals surface area contributed by atoms with Gasteiger partial charge in [-0.3, -0.25) is 19.8 Å². The molecule has 0 unspecified atom stereocenters. The molecule has 3 aromatic heterocycles. The first-order valence-electron chi connectivity index (χ1n) is 10.7. The third kappa shape index (κ3) is 7.69. The van der Waals surface area contributed by atoms with Gasteiger partial charge in [0.25, 0.3) is 17.7 Å². The zero-order valence-corrected chi connectivity index (χ0v) is 22.5. The third-order valence-corrected chi connectivity index (χ3v) is 5.21. The number of nitrogens with one attached hydrogen (secondary N) is 6. The first kappa shape index (κ1) is 30.9. The van der Waals surface area contributed by atoms with Gasteiger partial charge < -0.3 is 46.0 Å². The number of nitrogens with zero attached hydrogens (tertiary/aromatic N) is 3. The zero-order valence-electron chi connectivity index (χ0n) is 20.8. The topological polar surface area (TPSA) is 176 Å². The van der Waals surface area contributed by atoms with E-state index in [1.807, 2.05) is 0 Å². The molecule has 0 aliphatic rings. The molecule has 0 fully saturated rings. The number of hydrogen-bond donors (Lipinski definition) is 7. The summed E-state index contributed by atoms with van der Waals surface area (Å²) in [6.07, 6.45) is 4.90. The summed E-state index contributed by atoms with van der Waals surface area (Å²) in [5.74, 6) is -0.894. The van der Waals surface area contributed by atoms with Crippen LogP contribution in [0.5, 0.6) is 0 Å². The van der Waals surface area contributed by atoms with Crippen LogP contribution >= 0.6 is 24.8 Å². The summed E-state index contributed by atoms with van der Waals surface area (Å²) in [7, 11) is 6.74. The lowest BCUT2D eigenvalue weighted by molar-refractivity contribution is 0.0944. The number of guanidine groups is 1. The average molecular weight is 555 g/mol. The summed E-state index contributed by atoms with van der Waals surface area (Å²) >= 11 is 0. The molecule has 0 aliphatic carbocycles. The molecule has 0 saturated heterocycles. The van der Waals surface area contributed by atoms with E-state index in [0.29, 0.717) is 47.2 Å². The molecule has 0 saturated carbocycles. The van der Waals surface area contributed by atoms with Crippen LogP contribution < -0.4 is 32.3 Å². The minimum absolute atomic E-state index is 0. The number of carbonyl (C=O) groups excluding carboxylic acids is 3. The summed E-state index contributed by atoms with van der Waals surface area (Å²) in [4.78, 5) is 37.8. The van der Waals surface area contributed by atoms with Crippen molar-refractivity contribution in [1.29, 1.82) is 5.41 Å². The van der Waals surface area contributed by atoms with Gasteiger partial charge in [-0.2, -0.15) is 0 Å². The third-order valence-electron chi connectivity index (χ3n) is 5.21. The van der Waals surface area contributed by atoms with E-state index < -0.39 is 5.91 Å². The zero-order chi connectivity index (χ0) is 25.7. The fraction of sp³-hybridized carbons (Fsp3) is 0.273. The summed E-state index contributed by atoms with van der Waals surface area (Å²) < 4.78 is 4.82. The summed E-state index contributed by atoms with van der Waals surface area (Å²) in [6.45, 7) is 0.715. The highest BCUT2D eigenvalue weighted by Crippen LogP contribution is 2.19. The number of anilines is 3. The van der Waals surface area contributed by atoms with Gasteiger partial charge >= 0.3 is 0 Å². The number of carbonyl (C=O) groups is 3. The lowest BCUT2D eigenvalue weighted by Crippen LogP contribution is -2.39. The van der Waals surface area contributed by atoms with Crippen molar-refractivity contribution < 1.29 is 14.4 Å². The quantitative estimate of drug-likeness (QED) is 0.124. The molecule has 0 spiro atoms.